The number of hydrogen-bond acceptors (Lipinski definition) is 4. The molecule has 0 bridgehead atoms. The highest BCUT2D eigenvalue weighted by Crippen LogP contribution is 2.28. The number of benzene rings is 1. The zero-order valence-corrected chi connectivity index (χ0v) is 10.9. The van der Waals surface area contributed by atoms with Crippen molar-refractivity contribution in [2.45, 2.75) is 6.92 Å². The summed E-state index contributed by atoms with van der Waals surface area (Å²) in [7, 11) is 0. The molecule has 2 rings (SSSR count). The monoisotopic (exact) mass is 278 g/mol. The molecule has 1 aromatic heterocycles. The molecule has 98 valence electrons. The molecule has 5 nitrogen and oxygen atoms in total. The van der Waals surface area contributed by atoms with Gasteiger partial charge in [-0.15, -0.1) is 0 Å². The van der Waals surface area contributed by atoms with E-state index in [-0.39, 0.29) is 16.7 Å². The number of carbonyl (C=O) groups is 1. The maximum atomic E-state index is 11.0. The molecule has 1 heterocycles. The van der Waals surface area contributed by atoms with Crippen molar-refractivity contribution in [1.29, 1.82) is 0 Å². The van der Waals surface area contributed by atoms with Crippen LogP contribution in [0.1, 0.15) is 17.4 Å². The Balaban J connectivity index is 2.55. The largest absolute Gasteiger partial charge is 0.493 e. The SMILES string of the molecule is CCOc1ccccc1-c1nc(Cl)cc(C(=O)O)n1. The van der Waals surface area contributed by atoms with E-state index in [2.05, 4.69) is 9.97 Å². The topological polar surface area (TPSA) is 72.3 Å². The van der Waals surface area contributed by atoms with Gasteiger partial charge in [0.05, 0.1) is 12.2 Å². The minimum absolute atomic E-state index is 0.0775. The number of hydrogen-bond donors (Lipinski definition) is 1. The van der Waals surface area contributed by atoms with Gasteiger partial charge in [-0.3, -0.25) is 0 Å². The summed E-state index contributed by atoms with van der Waals surface area (Å²) in [5.74, 6) is -0.336. The molecule has 0 aliphatic carbocycles. The second-order valence-electron chi connectivity index (χ2n) is 3.63. The molecule has 0 amide bonds. The molecular formula is C13H11ClN2O3. The minimum Gasteiger partial charge on any atom is -0.493 e. The minimum atomic E-state index is -1.15. The number of nitrogens with zero attached hydrogens (tertiary/aromatic N) is 2. The number of rotatable bonds is 4. The molecule has 2 aromatic rings. The van der Waals surface area contributed by atoms with Crippen LogP contribution in [0.4, 0.5) is 0 Å². The summed E-state index contributed by atoms with van der Waals surface area (Å²) < 4.78 is 5.46. The van der Waals surface area contributed by atoms with E-state index in [0.717, 1.165) is 0 Å². The van der Waals surface area contributed by atoms with Crippen molar-refractivity contribution in [3.05, 3.63) is 41.2 Å². The Hall–Kier alpha value is -2.14. The summed E-state index contributed by atoms with van der Waals surface area (Å²) in [6.07, 6.45) is 0. The van der Waals surface area contributed by atoms with Gasteiger partial charge >= 0.3 is 5.97 Å². The number of ether oxygens (including phenoxy) is 1. The molecule has 0 aliphatic heterocycles. The van der Waals surface area contributed by atoms with Crippen LogP contribution in [0.15, 0.2) is 30.3 Å². The molecule has 0 radical (unpaired) electrons. The Morgan fingerprint density at radius 3 is 2.79 bits per heavy atom. The first-order valence-electron chi connectivity index (χ1n) is 5.62. The highest BCUT2D eigenvalue weighted by molar-refractivity contribution is 6.29. The fourth-order valence-electron chi connectivity index (χ4n) is 1.58. The standard InChI is InChI=1S/C13H11ClN2O3/c1-2-19-10-6-4-3-5-8(10)12-15-9(13(17)18)7-11(14)16-12/h3-7H,2H2,1H3,(H,17,18). The van der Waals surface area contributed by atoms with E-state index in [1.165, 1.54) is 6.07 Å². The predicted molar refractivity (Wildman–Crippen MR) is 70.6 cm³/mol. The van der Waals surface area contributed by atoms with Crippen LogP contribution in [0, 0.1) is 0 Å². The van der Waals surface area contributed by atoms with Crippen LogP contribution in [-0.2, 0) is 0 Å². The first kappa shape index (κ1) is 13.3. The van der Waals surface area contributed by atoms with E-state index in [4.69, 9.17) is 21.4 Å². The van der Waals surface area contributed by atoms with Crippen LogP contribution in [0.25, 0.3) is 11.4 Å². The summed E-state index contributed by atoms with van der Waals surface area (Å²) in [5, 5.41) is 9.05. The van der Waals surface area contributed by atoms with Gasteiger partial charge in [-0.1, -0.05) is 23.7 Å². The maximum absolute atomic E-state index is 11.0. The van der Waals surface area contributed by atoms with Gasteiger partial charge in [-0.25, -0.2) is 14.8 Å². The van der Waals surface area contributed by atoms with Gasteiger partial charge in [0.15, 0.2) is 11.5 Å². The fraction of sp³-hybridized carbons (Fsp3) is 0.154. The second-order valence-corrected chi connectivity index (χ2v) is 4.02. The number of para-hydroxylation sites is 1. The molecule has 1 N–H and O–H groups in total. The van der Waals surface area contributed by atoms with Crippen molar-refractivity contribution in [3.63, 3.8) is 0 Å². The smallest absolute Gasteiger partial charge is 0.354 e. The van der Waals surface area contributed by atoms with Gasteiger partial charge < -0.3 is 9.84 Å². The number of aromatic carboxylic acids is 1. The number of halogens is 1. The second kappa shape index (κ2) is 5.67. The lowest BCUT2D eigenvalue weighted by Crippen LogP contribution is -2.04. The zero-order chi connectivity index (χ0) is 13.8. The summed E-state index contributed by atoms with van der Waals surface area (Å²) in [6.45, 7) is 2.35. The number of carboxylic acids is 1. The lowest BCUT2D eigenvalue weighted by Gasteiger charge is -2.09. The van der Waals surface area contributed by atoms with Gasteiger partial charge in [-0.05, 0) is 19.1 Å². The van der Waals surface area contributed by atoms with Crippen LogP contribution in [0.3, 0.4) is 0 Å². The van der Waals surface area contributed by atoms with E-state index in [0.29, 0.717) is 17.9 Å². The van der Waals surface area contributed by atoms with Crippen molar-refractivity contribution in [3.8, 4) is 17.1 Å². The highest BCUT2D eigenvalue weighted by atomic mass is 35.5. The maximum Gasteiger partial charge on any atom is 0.354 e. The van der Waals surface area contributed by atoms with Crippen LogP contribution < -0.4 is 4.74 Å². The molecule has 0 spiro atoms. The average molecular weight is 279 g/mol. The van der Waals surface area contributed by atoms with Gasteiger partial charge in [-0.2, -0.15) is 0 Å². The van der Waals surface area contributed by atoms with Crippen LogP contribution >= 0.6 is 11.6 Å². The van der Waals surface area contributed by atoms with E-state index in [9.17, 15) is 4.79 Å². The quantitative estimate of drug-likeness (QED) is 0.871. The summed E-state index contributed by atoms with van der Waals surface area (Å²) >= 11 is 5.82. The summed E-state index contributed by atoms with van der Waals surface area (Å²) in [5.41, 5.74) is 0.454. The van der Waals surface area contributed by atoms with Crippen molar-refractivity contribution < 1.29 is 14.6 Å². The normalized spacial score (nSPS) is 10.2. The predicted octanol–water partition coefficient (Wildman–Crippen LogP) is 2.89. The zero-order valence-electron chi connectivity index (χ0n) is 10.1. The lowest BCUT2D eigenvalue weighted by atomic mass is 10.2. The van der Waals surface area contributed by atoms with Crippen LogP contribution in [0.2, 0.25) is 5.15 Å². The van der Waals surface area contributed by atoms with Crippen molar-refractivity contribution >= 4 is 17.6 Å². The molecule has 0 saturated heterocycles. The van der Waals surface area contributed by atoms with E-state index in [1.807, 2.05) is 13.0 Å². The van der Waals surface area contributed by atoms with E-state index >= 15 is 0 Å². The Morgan fingerprint density at radius 1 is 1.37 bits per heavy atom. The molecule has 0 atom stereocenters. The van der Waals surface area contributed by atoms with E-state index in [1.54, 1.807) is 18.2 Å². The molecule has 6 heteroatoms. The molecule has 0 unspecified atom stereocenters. The molecule has 0 aliphatic rings. The van der Waals surface area contributed by atoms with Gasteiger partial charge in [0, 0.05) is 6.07 Å². The average Bonchev–Trinajstić information content (AvgIpc) is 2.39. The Labute approximate surface area is 114 Å². The highest BCUT2D eigenvalue weighted by Gasteiger charge is 2.13. The lowest BCUT2D eigenvalue weighted by molar-refractivity contribution is 0.0690. The van der Waals surface area contributed by atoms with Crippen LogP contribution in [0.5, 0.6) is 5.75 Å². The Morgan fingerprint density at radius 2 is 2.11 bits per heavy atom. The fourth-order valence-corrected chi connectivity index (χ4v) is 1.76. The molecule has 1 aromatic carbocycles. The first-order valence-corrected chi connectivity index (χ1v) is 5.99. The Bertz CT molecular complexity index is 617. The van der Waals surface area contributed by atoms with E-state index < -0.39 is 5.97 Å². The molecular weight excluding hydrogens is 268 g/mol. The molecule has 19 heavy (non-hydrogen) atoms. The van der Waals surface area contributed by atoms with Crippen LogP contribution in [-0.4, -0.2) is 27.7 Å². The number of aromatic nitrogens is 2. The van der Waals surface area contributed by atoms with Crippen molar-refractivity contribution in [1.82, 2.24) is 9.97 Å². The van der Waals surface area contributed by atoms with Crippen molar-refractivity contribution in [2.24, 2.45) is 0 Å². The Kier molecular flexibility index (Phi) is 3.97. The van der Waals surface area contributed by atoms with Gasteiger partial charge in [0.1, 0.15) is 10.9 Å². The molecule has 0 fully saturated rings. The summed E-state index contributed by atoms with van der Waals surface area (Å²) in [4.78, 5) is 19.0. The van der Waals surface area contributed by atoms with Crippen molar-refractivity contribution in [2.75, 3.05) is 6.61 Å². The number of carboxylic acid groups (broad SMARTS) is 1. The van der Waals surface area contributed by atoms with Gasteiger partial charge in [0.2, 0.25) is 0 Å². The summed E-state index contributed by atoms with van der Waals surface area (Å²) in [6, 6.07) is 8.34. The van der Waals surface area contributed by atoms with Gasteiger partial charge in [0.25, 0.3) is 0 Å². The third-order valence-electron chi connectivity index (χ3n) is 2.34. The molecule has 0 saturated carbocycles. The third-order valence-corrected chi connectivity index (χ3v) is 2.54. The first-order chi connectivity index (χ1) is 9.11. The third kappa shape index (κ3) is 3.00.